The van der Waals surface area contributed by atoms with Crippen LogP contribution in [-0.4, -0.2) is 30.6 Å². The fourth-order valence-electron chi connectivity index (χ4n) is 1.76. The van der Waals surface area contributed by atoms with Gasteiger partial charge in [0.2, 0.25) is 0 Å². The Hall–Kier alpha value is -1.76. The lowest BCUT2D eigenvalue weighted by Gasteiger charge is -2.23. The highest BCUT2D eigenvalue weighted by Crippen LogP contribution is 2.32. The first-order valence-electron chi connectivity index (χ1n) is 6.07. The van der Waals surface area contributed by atoms with Crippen LogP contribution in [-0.2, 0) is 6.18 Å². The lowest BCUT2D eigenvalue weighted by molar-refractivity contribution is -0.137. The van der Waals surface area contributed by atoms with Gasteiger partial charge < -0.3 is 15.7 Å². The van der Waals surface area contributed by atoms with Crippen LogP contribution in [0, 0.1) is 5.41 Å². The largest absolute Gasteiger partial charge is 0.416 e. The van der Waals surface area contributed by atoms with E-state index in [1.165, 1.54) is 6.07 Å². The third-order valence-electron chi connectivity index (χ3n) is 2.91. The van der Waals surface area contributed by atoms with E-state index in [2.05, 4.69) is 0 Å². The number of nitrogen functional groups attached to an aromatic ring is 1. The third-order valence-corrected chi connectivity index (χ3v) is 2.91. The lowest BCUT2D eigenvalue weighted by Crippen LogP contribution is -2.26. The monoisotopic (exact) mass is 289 g/mol. The van der Waals surface area contributed by atoms with Gasteiger partial charge in [-0.1, -0.05) is 0 Å². The number of anilines is 1. The Kier molecular flexibility index (Phi) is 4.99. The number of hydrogen-bond donors (Lipinski definition) is 3. The zero-order valence-electron chi connectivity index (χ0n) is 11.3. The number of hydrogen-bond acceptors (Lipinski definition) is 3. The molecule has 0 aromatic heterocycles. The molecule has 1 rings (SSSR count). The van der Waals surface area contributed by atoms with Crippen LogP contribution in [0.15, 0.2) is 18.2 Å². The molecule has 0 aliphatic heterocycles. The van der Waals surface area contributed by atoms with Crippen molar-refractivity contribution in [3.63, 3.8) is 0 Å². The number of amidine groups is 1. The molecular formula is C13H18F3N3O. The maximum Gasteiger partial charge on any atom is 0.416 e. The molecule has 1 aromatic rings. The van der Waals surface area contributed by atoms with Gasteiger partial charge in [0, 0.05) is 24.8 Å². The van der Waals surface area contributed by atoms with Crippen molar-refractivity contribution >= 4 is 11.5 Å². The van der Waals surface area contributed by atoms with Gasteiger partial charge in [0.1, 0.15) is 5.84 Å². The molecule has 7 heteroatoms. The molecule has 0 saturated heterocycles. The normalized spacial score (nSPS) is 13.1. The minimum Gasteiger partial charge on any atom is -0.393 e. The maximum atomic E-state index is 12.7. The topological polar surface area (TPSA) is 73.3 Å². The molecule has 0 saturated carbocycles. The van der Waals surface area contributed by atoms with Crippen LogP contribution in [0.25, 0.3) is 0 Å². The van der Waals surface area contributed by atoms with E-state index in [9.17, 15) is 18.3 Å². The molecule has 0 amide bonds. The molecule has 4 N–H and O–H groups in total. The van der Waals surface area contributed by atoms with Gasteiger partial charge in [-0.3, -0.25) is 5.41 Å². The van der Waals surface area contributed by atoms with Gasteiger partial charge in [0.05, 0.1) is 11.7 Å². The van der Waals surface area contributed by atoms with Crippen molar-refractivity contribution in [2.45, 2.75) is 25.6 Å². The number of rotatable bonds is 5. The summed E-state index contributed by atoms with van der Waals surface area (Å²) < 4.78 is 38.0. The number of nitrogens with one attached hydrogen (secondary N) is 1. The van der Waals surface area contributed by atoms with Gasteiger partial charge in [0.25, 0.3) is 0 Å². The van der Waals surface area contributed by atoms with E-state index in [1.807, 2.05) is 0 Å². The second-order valence-corrected chi connectivity index (χ2v) is 4.70. The Balaban J connectivity index is 3.10. The van der Waals surface area contributed by atoms with Crippen molar-refractivity contribution in [1.29, 1.82) is 5.41 Å². The number of aliphatic hydroxyl groups is 1. The van der Waals surface area contributed by atoms with Gasteiger partial charge in [-0.25, -0.2) is 0 Å². The van der Waals surface area contributed by atoms with Gasteiger partial charge in [0.15, 0.2) is 0 Å². The van der Waals surface area contributed by atoms with E-state index in [-0.39, 0.29) is 5.56 Å². The predicted octanol–water partition coefficient (Wildman–Crippen LogP) is 2.20. The SMILES string of the molecule is CC(O)CCN(C)c1ccc(C(F)(F)F)cc1C(=N)N. The second-order valence-electron chi connectivity index (χ2n) is 4.70. The quantitative estimate of drug-likeness (QED) is 0.574. The first kappa shape index (κ1) is 16.3. The molecular weight excluding hydrogens is 271 g/mol. The summed E-state index contributed by atoms with van der Waals surface area (Å²) in [5.74, 6) is -0.421. The summed E-state index contributed by atoms with van der Waals surface area (Å²) in [5, 5.41) is 16.7. The van der Waals surface area contributed by atoms with Crippen LogP contribution >= 0.6 is 0 Å². The molecule has 0 radical (unpaired) electrons. The van der Waals surface area contributed by atoms with Gasteiger partial charge >= 0.3 is 6.18 Å². The standard InChI is InChI=1S/C13H18F3N3O/c1-8(20)5-6-19(2)11-4-3-9(13(14,15)16)7-10(11)12(17)18/h3-4,7-8,20H,5-6H2,1-2H3,(H3,17,18). The minimum atomic E-state index is -4.47. The summed E-state index contributed by atoms with van der Waals surface area (Å²) in [6, 6.07) is 3.12. The van der Waals surface area contributed by atoms with Crippen molar-refractivity contribution in [3.05, 3.63) is 29.3 Å². The molecule has 0 spiro atoms. The van der Waals surface area contributed by atoms with Crippen molar-refractivity contribution in [2.75, 3.05) is 18.5 Å². The minimum absolute atomic E-state index is 0.0351. The number of aliphatic hydroxyl groups excluding tert-OH is 1. The summed E-state index contributed by atoms with van der Waals surface area (Å²) in [5.41, 5.74) is 4.99. The Labute approximate surface area is 115 Å². The Morgan fingerprint density at radius 1 is 1.45 bits per heavy atom. The van der Waals surface area contributed by atoms with Crippen molar-refractivity contribution in [2.24, 2.45) is 5.73 Å². The molecule has 0 aliphatic carbocycles. The molecule has 0 aliphatic rings. The predicted molar refractivity (Wildman–Crippen MR) is 72.0 cm³/mol. The highest BCUT2D eigenvalue weighted by atomic mass is 19.4. The number of nitrogens with two attached hydrogens (primary N) is 1. The summed E-state index contributed by atoms with van der Waals surface area (Å²) in [7, 11) is 1.68. The highest BCUT2D eigenvalue weighted by molar-refractivity contribution is 6.00. The Morgan fingerprint density at radius 2 is 2.05 bits per heavy atom. The first-order chi connectivity index (χ1) is 9.12. The lowest BCUT2D eigenvalue weighted by atomic mass is 10.1. The van der Waals surface area contributed by atoms with Gasteiger partial charge in [-0.2, -0.15) is 13.2 Å². The van der Waals surface area contributed by atoms with Crippen molar-refractivity contribution in [3.8, 4) is 0 Å². The van der Waals surface area contributed by atoms with E-state index >= 15 is 0 Å². The molecule has 112 valence electrons. The summed E-state index contributed by atoms with van der Waals surface area (Å²) in [6.45, 7) is 2.08. The summed E-state index contributed by atoms with van der Waals surface area (Å²) in [4.78, 5) is 1.67. The Bertz CT molecular complexity index is 486. The zero-order valence-corrected chi connectivity index (χ0v) is 11.3. The Morgan fingerprint density at radius 3 is 2.50 bits per heavy atom. The van der Waals surface area contributed by atoms with Gasteiger partial charge in [-0.15, -0.1) is 0 Å². The average molecular weight is 289 g/mol. The van der Waals surface area contributed by atoms with E-state index in [0.29, 0.717) is 18.7 Å². The van der Waals surface area contributed by atoms with Crippen LogP contribution in [0.4, 0.5) is 18.9 Å². The summed E-state index contributed by atoms with van der Waals surface area (Å²) in [6.07, 6.45) is -4.51. The van der Waals surface area contributed by atoms with Crippen LogP contribution in [0.2, 0.25) is 0 Å². The molecule has 1 unspecified atom stereocenters. The highest BCUT2D eigenvalue weighted by Gasteiger charge is 2.31. The number of alkyl halides is 3. The average Bonchev–Trinajstić information content (AvgIpc) is 2.33. The summed E-state index contributed by atoms with van der Waals surface area (Å²) >= 11 is 0. The van der Waals surface area contributed by atoms with Crippen LogP contribution in [0.1, 0.15) is 24.5 Å². The molecule has 1 atom stereocenters. The van der Waals surface area contributed by atoms with Crippen molar-refractivity contribution in [1.82, 2.24) is 0 Å². The van der Waals surface area contributed by atoms with Crippen LogP contribution in [0.3, 0.4) is 0 Å². The molecule has 0 heterocycles. The van der Waals surface area contributed by atoms with Crippen molar-refractivity contribution < 1.29 is 18.3 Å². The third kappa shape index (κ3) is 4.12. The fourth-order valence-corrected chi connectivity index (χ4v) is 1.76. The maximum absolute atomic E-state index is 12.7. The number of benzene rings is 1. The second kappa shape index (κ2) is 6.13. The molecule has 0 fully saturated rings. The zero-order chi connectivity index (χ0) is 15.5. The fraction of sp³-hybridized carbons (Fsp3) is 0.462. The molecule has 20 heavy (non-hydrogen) atoms. The van der Waals surface area contributed by atoms with E-state index in [0.717, 1.165) is 12.1 Å². The molecule has 0 bridgehead atoms. The number of halogens is 3. The van der Waals surface area contributed by atoms with Crippen LogP contribution in [0.5, 0.6) is 0 Å². The van der Waals surface area contributed by atoms with Crippen LogP contribution < -0.4 is 10.6 Å². The van der Waals surface area contributed by atoms with Gasteiger partial charge in [-0.05, 0) is 31.5 Å². The first-order valence-corrected chi connectivity index (χ1v) is 6.07. The van der Waals surface area contributed by atoms with E-state index < -0.39 is 23.7 Å². The number of nitrogens with zero attached hydrogens (tertiary/aromatic N) is 1. The van der Waals surface area contributed by atoms with E-state index in [1.54, 1.807) is 18.9 Å². The van der Waals surface area contributed by atoms with E-state index in [4.69, 9.17) is 11.1 Å². The molecule has 4 nitrogen and oxygen atoms in total. The molecule has 1 aromatic carbocycles. The smallest absolute Gasteiger partial charge is 0.393 e.